The van der Waals surface area contributed by atoms with Gasteiger partial charge in [-0.1, -0.05) is 6.07 Å². The molecule has 0 aliphatic heterocycles. The molecule has 0 aliphatic rings. The Balaban J connectivity index is 1.94. The van der Waals surface area contributed by atoms with E-state index in [2.05, 4.69) is 4.72 Å². The summed E-state index contributed by atoms with van der Waals surface area (Å²) in [4.78, 5) is 0.148. The van der Waals surface area contributed by atoms with E-state index in [9.17, 15) is 17.9 Å². The molecular formula is C17H16FNO5S2. The predicted molar refractivity (Wildman–Crippen MR) is 94.2 cm³/mol. The first kappa shape index (κ1) is 18.6. The Bertz CT molecular complexity index is 935. The van der Waals surface area contributed by atoms with Crippen molar-refractivity contribution in [2.75, 3.05) is 13.7 Å². The van der Waals surface area contributed by atoms with Crippen LogP contribution in [0.2, 0.25) is 0 Å². The Morgan fingerprint density at radius 3 is 2.73 bits per heavy atom. The number of ether oxygens (including phenoxy) is 1. The number of rotatable bonds is 7. The van der Waals surface area contributed by atoms with E-state index < -0.39 is 28.0 Å². The van der Waals surface area contributed by atoms with Crippen LogP contribution in [0.25, 0.3) is 0 Å². The molecule has 0 saturated carbocycles. The molecule has 3 aromatic rings. The van der Waals surface area contributed by atoms with E-state index in [0.29, 0.717) is 4.88 Å². The zero-order chi connectivity index (χ0) is 18.8. The largest absolute Gasteiger partial charge is 0.495 e. The Labute approximate surface area is 153 Å². The molecule has 138 valence electrons. The monoisotopic (exact) mass is 397 g/mol. The van der Waals surface area contributed by atoms with E-state index in [0.717, 1.165) is 12.1 Å². The molecule has 26 heavy (non-hydrogen) atoms. The Morgan fingerprint density at radius 2 is 2.12 bits per heavy atom. The predicted octanol–water partition coefficient (Wildman–Crippen LogP) is 2.70. The summed E-state index contributed by atoms with van der Waals surface area (Å²) in [7, 11) is -2.86. The maximum absolute atomic E-state index is 13.5. The second-order valence-corrected chi connectivity index (χ2v) is 8.12. The summed E-state index contributed by atoms with van der Waals surface area (Å²) in [5, 5.41) is 12.9. The first-order chi connectivity index (χ1) is 12.4. The molecule has 0 saturated heterocycles. The molecule has 1 unspecified atom stereocenters. The molecule has 9 heteroatoms. The SMILES string of the molecule is COc1ccc(F)cc1S(=O)(=O)NCC(O)(c1ccco1)c1cccs1. The van der Waals surface area contributed by atoms with Crippen molar-refractivity contribution in [3.8, 4) is 5.75 Å². The van der Waals surface area contributed by atoms with Crippen molar-refractivity contribution < 1.29 is 27.1 Å². The smallest absolute Gasteiger partial charge is 0.244 e. The molecule has 0 radical (unpaired) electrons. The Morgan fingerprint density at radius 1 is 1.31 bits per heavy atom. The highest BCUT2D eigenvalue weighted by Gasteiger charge is 2.37. The van der Waals surface area contributed by atoms with Crippen LogP contribution in [0.3, 0.4) is 0 Å². The lowest BCUT2D eigenvalue weighted by Crippen LogP contribution is -2.41. The molecule has 2 aromatic heterocycles. The van der Waals surface area contributed by atoms with Crippen molar-refractivity contribution in [1.82, 2.24) is 4.72 Å². The molecule has 0 fully saturated rings. The number of hydrogen-bond acceptors (Lipinski definition) is 6. The van der Waals surface area contributed by atoms with Gasteiger partial charge < -0.3 is 14.3 Å². The van der Waals surface area contributed by atoms with Crippen molar-refractivity contribution in [1.29, 1.82) is 0 Å². The second kappa shape index (κ2) is 7.20. The average molecular weight is 397 g/mol. The normalized spacial score (nSPS) is 14.1. The van der Waals surface area contributed by atoms with Crippen LogP contribution in [0.15, 0.2) is 63.4 Å². The highest BCUT2D eigenvalue weighted by atomic mass is 32.2. The molecule has 0 bridgehead atoms. The van der Waals surface area contributed by atoms with Crippen LogP contribution in [0.5, 0.6) is 5.75 Å². The Kier molecular flexibility index (Phi) is 5.15. The maximum atomic E-state index is 13.5. The van der Waals surface area contributed by atoms with Gasteiger partial charge in [0.05, 0.1) is 19.9 Å². The second-order valence-electron chi connectivity index (χ2n) is 5.43. The summed E-state index contributed by atoms with van der Waals surface area (Å²) in [6.45, 7) is -0.400. The lowest BCUT2D eigenvalue weighted by atomic mass is 9.99. The average Bonchev–Trinajstić information content (AvgIpc) is 3.33. The van der Waals surface area contributed by atoms with Gasteiger partial charge in [-0.2, -0.15) is 0 Å². The topological polar surface area (TPSA) is 88.8 Å². The number of benzene rings is 1. The number of furan rings is 1. The minimum absolute atomic E-state index is 0.00318. The molecule has 3 rings (SSSR count). The lowest BCUT2D eigenvalue weighted by molar-refractivity contribution is 0.0655. The van der Waals surface area contributed by atoms with Gasteiger partial charge in [-0.3, -0.25) is 0 Å². The molecule has 1 aromatic carbocycles. The van der Waals surface area contributed by atoms with Crippen molar-refractivity contribution >= 4 is 21.4 Å². The number of halogens is 1. The van der Waals surface area contributed by atoms with Crippen LogP contribution in [0.4, 0.5) is 4.39 Å². The van der Waals surface area contributed by atoms with Gasteiger partial charge >= 0.3 is 0 Å². The first-order valence-electron chi connectivity index (χ1n) is 7.50. The zero-order valence-corrected chi connectivity index (χ0v) is 15.3. The first-order valence-corrected chi connectivity index (χ1v) is 9.86. The van der Waals surface area contributed by atoms with E-state index in [-0.39, 0.29) is 16.4 Å². The van der Waals surface area contributed by atoms with Crippen LogP contribution >= 0.6 is 11.3 Å². The zero-order valence-electron chi connectivity index (χ0n) is 13.7. The third kappa shape index (κ3) is 3.51. The van der Waals surface area contributed by atoms with Crippen LogP contribution in [0, 0.1) is 5.82 Å². The van der Waals surface area contributed by atoms with Gasteiger partial charge in [0.25, 0.3) is 0 Å². The third-order valence-corrected chi connectivity index (χ3v) is 6.23. The molecule has 6 nitrogen and oxygen atoms in total. The molecule has 0 amide bonds. The van der Waals surface area contributed by atoms with Gasteiger partial charge in [0.15, 0.2) is 5.60 Å². The fraction of sp³-hybridized carbons (Fsp3) is 0.176. The highest BCUT2D eigenvalue weighted by Crippen LogP contribution is 2.33. The van der Waals surface area contributed by atoms with Crippen molar-refractivity contribution in [3.05, 3.63) is 70.6 Å². The van der Waals surface area contributed by atoms with Crippen molar-refractivity contribution in [3.63, 3.8) is 0 Å². The molecule has 1 atom stereocenters. The number of aliphatic hydroxyl groups is 1. The number of thiophene rings is 1. The molecule has 2 N–H and O–H groups in total. The van der Waals surface area contributed by atoms with Gasteiger partial charge in [-0.25, -0.2) is 17.5 Å². The minimum atomic E-state index is -4.15. The van der Waals surface area contributed by atoms with Gasteiger partial charge in [0.1, 0.15) is 22.2 Å². The molecular weight excluding hydrogens is 381 g/mol. The fourth-order valence-corrected chi connectivity index (χ4v) is 4.53. The standard InChI is InChI=1S/C17H16FNO5S2/c1-23-13-7-6-12(18)10-14(13)26(21,22)19-11-17(20,15-4-2-8-24-15)16-5-3-9-25-16/h2-10,19-20H,11H2,1H3. The third-order valence-electron chi connectivity index (χ3n) is 3.79. The van der Waals surface area contributed by atoms with Gasteiger partial charge in [-0.15, -0.1) is 11.3 Å². The quantitative estimate of drug-likeness (QED) is 0.640. The minimum Gasteiger partial charge on any atom is -0.495 e. The van der Waals surface area contributed by atoms with Crippen molar-refractivity contribution in [2.45, 2.75) is 10.5 Å². The van der Waals surface area contributed by atoms with Gasteiger partial charge in [0, 0.05) is 4.88 Å². The van der Waals surface area contributed by atoms with Crippen LogP contribution < -0.4 is 9.46 Å². The molecule has 0 aliphatic carbocycles. The van der Waals surface area contributed by atoms with E-state index in [1.807, 2.05) is 0 Å². The number of sulfonamides is 1. The summed E-state index contributed by atoms with van der Waals surface area (Å²) in [6, 6.07) is 9.74. The number of nitrogens with one attached hydrogen (secondary N) is 1. The van der Waals surface area contributed by atoms with E-state index in [1.54, 1.807) is 29.6 Å². The number of methoxy groups -OCH3 is 1. The summed E-state index contributed by atoms with van der Waals surface area (Å²) in [6.07, 6.45) is 1.39. The van der Waals surface area contributed by atoms with Crippen molar-refractivity contribution in [2.24, 2.45) is 0 Å². The maximum Gasteiger partial charge on any atom is 0.244 e. The van der Waals surface area contributed by atoms with Crippen LogP contribution in [-0.4, -0.2) is 27.2 Å². The molecule has 2 heterocycles. The van der Waals surface area contributed by atoms with Crippen LogP contribution in [-0.2, 0) is 15.6 Å². The van der Waals surface area contributed by atoms with E-state index in [1.165, 1.54) is 30.8 Å². The highest BCUT2D eigenvalue weighted by molar-refractivity contribution is 7.89. The molecule has 0 spiro atoms. The fourth-order valence-electron chi connectivity index (χ4n) is 2.46. The van der Waals surface area contributed by atoms with Gasteiger partial charge in [0.2, 0.25) is 10.0 Å². The lowest BCUT2D eigenvalue weighted by Gasteiger charge is -2.25. The van der Waals surface area contributed by atoms with Gasteiger partial charge in [-0.05, 0) is 41.8 Å². The summed E-state index contributed by atoms with van der Waals surface area (Å²) in [5.74, 6) is -0.531. The summed E-state index contributed by atoms with van der Waals surface area (Å²) in [5.41, 5.74) is -1.70. The Hall–Kier alpha value is -2.20. The van der Waals surface area contributed by atoms with E-state index in [4.69, 9.17) is 9.15 Å². The number of hydrogen-bond donors (Lipinski definition) is 2. The summed E-state index contributed by atoms with van der Waals surface area (Å²) < 4.78 is 51.4. The summed E-state index contributed by atoms with van der Waals surface area (Å²) >= 11 is 1.26. The van der Waals surface area contributed by atoms with E-state index >= 15 is 0 Å². The van der Waals surface area contributed by atoms with Crippen LogP contribution in [0.1, 0.15) is 10.6 Å².